The van der Waals surface area contributed by atoms with Crippen molar-refractivity contribution in [2.45, 2.75) is 18.2 Å². The fourth-order valence-corrected chi connectivity index (χ4v) is 5.90. The first-order chi connectivity index (χ1) is 15.7. The van der Waals surface area contributed by atoms with Crippen LogP contribution in [0.15, 0.2) is 47.4 Å². The summed E-state index contributed by atoms with van der Waals surface area (Å²) >= 11 is 1.19. The molecule has 174 valence electrons. The Morgan fingerprint density at radius 2 is 1.85 bits per heavy atom. The number of benzene rings is 2. The minimum absolute atomic E-state index is 0.134. The minimum atomic E-state index is -4.07. The molecular weight excluding hydrogens is 472 g/mol. The number of hydrogen-bond acceptors (Lipinski definition) is 6. The van der Waals surface area contributed by atoms with Crippen molar-refractivity contribution in [2.75, 3.05) is 31.6 Å². The van der Waals surface area contributed by atoms with Crippen molar-refractivity contribution >= 4 is 33.0 Å². The third-order valence-electron chi connectivity index (χ3n) is 5.09. The van der Waals surface area contributed by atoms with Crippen molar-refractivity contribution in [3.05, 3.63) is 75.2 Å². The summed E-state index contributed by atoms with van der Waals surface area (Å²) in [6, 6.07) is 9.47. The number of ether oxygens (including phenoxy) is 1. The third kappa shape index (κ3) is 5.27. The Hall–Kier alpha value is -2.73. The number of aryl methyl sites for hydroxylation is 1. The second kappa shape index (κ2) is 9.64. The topological polar surface area (TPSA) is 88.6 Å². The van der Waals surface area contributed by atoms with Crippen LogP contribution in [0.5, 0.6) is 0 Å². The Bertz CT molecular complexity index is 1270. The quantitative estimate of drug-likeness (QED) is 0.567. The first-order valence-electron chi connectivity index (χ1n) is 10.1. The summed E-state index contributed by atoms with van der Waals surface area (Å²) in [5, 5.41) is 3.31. The maximum absolute atomic E-state index is 14.4. The normalized spacial score (nSPS) is 14.9. The number of halogens is 2. The van der Waals surface area contributed by atoms with Crippen LogP contribution in [0, 0.1) is 18.6 Å². The van der Waals surface area contributed by atoms with Crippen molar-refractivity contribution in [3.8, 4) is 0 Å². The molecule has 3 aromatic rings. The largest absolute Gasteiger partial charge is 0.379 e. The molecule has 1 saturated heterocycles. The molecule has 0 spiro atoms. The van der Waals surface area contributed by atoms with Gasteiger partial charge in [-0.2, -0.15) is 4.31 Å². The number of nitrogens with zero attached hydrogens (tertiary/aromatic N) is 2. The maximum atomic E-state index is 14.4. The van der Waals surface area contributed by atoms with Crippen molar-refractivity contribution in [3.63, 3.8) is 0 Å². The molecule has 0 saturated carbocycles. The number of nitrogens with one attached hydrogen (secondary N) is 1. The lowest BCUT2D eigenvalue weighted by Gasteiger charge is -2.26. The number of morpholine rings is 1. The summed E-state index contributed by atoms with van der Waals surface area (Å²) in [5.41, 5.74) is 1.52. The van der Waals surface area contributed by atoms with Crippen LogP contribution in [0.4, 0.5) is 14.5 Å². The van der Waals surface area contributed by atoms with Crippen LogP contribution in [-0.2, 0) is 21.2 Å². The van der Waals surface area contributed by atoms with E-state index >= 15 is 0 Å². The standard InChI is InChI=1S/C22H21F2N3O4S2/c1-14-21(32-20(25-14)12-15-2-4-16(23)5-3-15)22(28)26-17-6-7-18(24)19(13-17)33(29,30)27-8-10-31-11-9-27/h2-7,13H,8-12H2,1H3,(H,26,28). The fourth-order valence-electron chi connectivity index (χ4n) is 3.41. The number of rotatable bonds is 6. The zero-order valence-corrected chi connectivity index (χ0v) is 19.3. The number of hydrogen-bond donors (Lipinski definition) is 1. The number of anilines is 1. The van der Waals surface area contributed by atoms with E-state index in [0.29, 0.717) is 22.0 Å². The zero-order valence-electron chi connectivity index (χ0n) is 17.7. The predicted molar refractivity (Wildman–Crippen MR) is 120 cm³/mol. The van der Waals surface area contributed by atoms with E-state index in [9.17, 15) is 22.0 Å². The maximum Gasteiger partial charge on any atom is 0.267 e. The van der Waals surface area contributed by atoms with Crippen LogP contribution in [0.25, 0.3) is 0 Å². The van der Waals surface area contributed by atoms with Crippen molar-refractivity contribution in [1.82, 2.24) is 9.29 Å². The average Bonchev–Trinajstić information content (AvgIpc) is 3.17. The third-order valence-corrected chi connectivity index (χ3v) is 8.16. The van der Waals surface area contributed by atoms with Gasteiger partial charge in [0, 0.05) is 25.2 Å². The van der Waals surface area contributed by atoms with E-state index in [4.69, 9.17) is 4.74 Å². The van der Waals surface area contributed by atoms with Gasteiger partial charge in [0.15, 0.2) is 0 Å². The number of carbonyl (C=O) groups is 1. The smallest absolute Gasteiger partial charge is 0.267 e. The summed E-state index contributed by atoms with van der Waals surface area (Å²) in [5.74, 6) is -1.70. The molecule has 1 aliphatic heterocycles. The van der Waals surface area contributed by atoms with Gasteiger partial charge in [0.2, 0.25) is 10.0 Å². The van der Waals surface area contributed by atoms with Gasteiger partial charge in [0.05, 0.1) is 23.9 Å². The molecular formula is C22H21F2N3O4S2. The van der Waals surface area contributed by atoms with Gasteiger partial charge in [-0.1, -0.05) is 12.1 Å². The monoisotopic (exact) mass is 493 g/mol. The van der Waals surface area contributed by atoms with Crippen LogP contribution in [0.2, 0.25) is 0 Å². The Morgan fingerprint density at radius 3 is 2.55 bits per heavy atom. The number of sulfonamides is 1. The number of aromatic nitrogens is 1. The summed E-state index contributed by atoms with van der Waals surface area (Å²) < 4.78 is 59.5. The van der Waals surface area contributed by atoms with Gasteiger partial charge in [-0.15, -0.1) is 11.3 Å². The zero-order chi connectivity index (χ0) is 23.6. The average molecular weight is 494 g/mol. The lowest BCUT2D eigenvalue weighted by molar-refractivity contribution is 0.0729. The molecule has 1 aromatic heterocycles. The lowest BCUT2D eigenvalue weighted by atomic mass is 10.1. The van der Waals surface area contributed by atoms with Crippen LogP contribution < -0.4 is 5.32 Å². The molecule has 7 nitrogen and oxygen atoms in total. The molecule has 0 atom stereocenters. The van der Waals surface area contributed by atoms with Crippen molar-refractivity contribution in [1.29, 1.82) is 0 Å². The number of thiazole rings is 1. The molecule has 1 aliphatic rings. The molecule has 0 unspecified atom stereocenters. The summed E-state index contributed by atoms with van der Waals surface area (Å²) in [7, 11) is -4.07. The molecule has 1 N–H and O–H groups in total. The van der Waals surface area contributed by atoms with E-state index in [2.05, 4.69) is 10.3 Å². The van der Waals surface area contributed by atoms with E-state index < -0.39 is 26.6 Å². The second-order valence-corrected chi connectivity index (χ2v) is 10.4. The Labute approximate surface area is 194 Å². The van der Waals surface area contributed by atoms with Gasteiger partial charge in [-0.3, -0.25) is 4.79 Å². The fraction of sp³-hybridized carbons (Fsp3) is 0.273. The highest BCUT2D eigenvalue weighted by Crippen LogP contribution is 2.26. The highest BCUT2D eigenvalue weighted by atomic mass is 32.2. The van der Waals surface area contributed by atoms with Gasteiger partial charge in [0.1, 0.15) is 21.4 Å². The molecule has 0 bridgehead atoms. The van der Waals surface area contributed by atoms with E-state index in [0.717, 1.165) is 22.0 Å². The highest BCUT2D eigenvalue weighted by molar-refractivity contribution is 7.89. The first-order valence-corrected chi connectivity index (χ1v) is 12.4. The Kier molecular flexibility index (Phi) is 6.84. The molecule has 33 heavy (non-hydrogen) atoms. The molecule has 1 amide bonds. The number of amides is 1. The second-order valence-electron chi connectivity index (χ2n) is 7.44. The predicted octanol–water partition coefficient (Wildman–Crippen LogP) is 3.59. The van der Waals surface area contributed by atoms with E-state index in [1.54, 1.807) is 19.1 Å². The highest BCUT2D eigenvalue weighted by Gasteiger charge is 2.29. The SMILES string of the molecule is Cc1nc(Cc2ccc(F)cc2)sc1C(=O)Nc1ccc(F)c(S(=O)(=O)N2CCOCC2)c1. The van der Waals surface area contributed by atoms with Crippen molar-refractivity contribution in [2.24, 2.45) is 0 Å². The minimum Gasteiger partial charge on any atom is -0.379 e. The number of carbonyl (C=O) groups excluding carboxylic acids is 1. The van der Waals surface area contributed by atoms with Gasteiger partial charge in [-0.25, -0.2) is 22.2 Å². The molecule has 0 aliphatic carbocycles. The van der Waals surface area contributed by atoms with Crippen LogP contribution in [0.3, 0.4) is 0 Å². The van der Waals surface area contributed by atoms with Gasteiger partial charge >= 0.3 is 0 Å². The van der Waals surface area contributed by atoms with Crippen molar-refractivity contribution < 1.29 is 26.7 Å². The van der Waals surface area contributed by atoms with E-state index in [1.807, 2.05) is 0 Å². The first kappa shape index (κ1) is 23.4. The van der Waals surface area contributed by atoms with Gasteiger partial charge < -0.3 is 10.1 Å². The summed E-state index contributed by atoms with van der Waals surface area (Å²) in [6.07, 6.45) is 0.442. The van der Waals surface area contributed by atoms with Crippen LogP contribution >= 0.6 is 11.3 Å². The van der Waals surface area contributed by atoms with Crippen LogP contribution in [0.1, 0.15) is 25.9 Å². The lowest BCUT2D eigenvalue weighted by Crippen LogP contribution is -2.40. The Morgan fingerprint density at radius 1 is 1.15 bits per heavy atom. The molecule has 11 heteroatoms. The van der Waals surface area contributed by atoms with Gasteiger partial charge in [0.25, 0.3) is 5.91 Å². The molecule has 1 fully saturated rings. The molecule has 2 aromatic carbocycles. The molecule has 2 heterocycles. The van der Waals surface area contributed by atoms with E-state index in [-0.39, 0.29) is 37.8 Å². The van der Waals surface area contributed by atoms with Crippen LogP contribution in [-0.4, -0.2) is 49.9 Å². The van der Waals surface area contributed by atoms with Gasteiger partial charge in [-0.05, 0) is 42.8 Å². The Balaban J connectivity index is 1.52. The summed E-state index contributed by atoms with van der Waals surface area (Å²) in [4.78, 5) is 17.1. The molecule has 4 rings (SSSR count). The summed E-state index contributed by atoms with van der Waals surface area (Å²) in [6.45, 7) is 2.44. The van der Waals surface area contributed by atoms with E-state index in [1.165, 1.54) is 29.5 Å². The molecule has 0 radical (unpaired) electrons.